The van der Waals surface area contributed by atoms with Crippen molar-refractivity contribution in [3.63, 3.8) is 0 Å². The van der Waals surface area contributed by atoms with Crippen molar-refractivity contribution in [2.75, 3.05) is 40.3 Å². The van der Waals surface area contributed by atoms with E-state index >= 15 is 0 Å². The van der Waals surface area contributed by atoms with Gasteiger partial charge in [-0.05, 0) is 59.2 Å². The van der Waals surface area contributed by atoms with E-state index in [1.54, 1.807) is 0 Å². The molecule has 194 valence electrons. The molecule has 1 atom stereocenters. The van der Waals surface area contributed by atoms with E-state index < -0.39 is 0 Å². The molecule has 33 heavy (non-hydrogen) atoms. The van der Waals surface area contributed by atoms with Crippen LogP contribution in [-0.2, 0) is 14.4 Å². The van der Waals surface area contributed by atoms with Crippen LogP contribution in [0.5, 0.6) is 0 Å². The van der Waals surface area contributed by atoms with Gasteiger partial charge in [0.25, 0.3) is 0 Å². The lowest BCUT2D eigenvalue weighted by Gasteiger charge is -2.36. The Kier molecular flexibility index (Phi) is 18.3. The number of nitrogens with zero attached hydrogens (tertiary/aromatic N) is 3. The summed E-state index contributed by atoms with van der Waals surface area (Å²) in [6, 6.07) is 0.259. The van der Waals surface area contributed by atoms with Crippen LogP contribution in [0, 0.1) is 0 Å². The average molecular weight is 468 g/mol. The summed E-state index contributed by atoms with van der Waals surface area (Å²) >= 11 is 0. The van der Waals surface area contributed by atoms with Crippen LogP contribution >= 0.6 is 0 Å². The number of amides is 2. The van der Waals surface area contributed by atoms with E-state index in [0.29, 0.717) is 25.5 Å². The van der Waals surface area contributed by atoms with Gasteiger partial charge in [0.05, 0.1) is 6.61 Å². The molecular weight excluding hydrogens is 414 g/mol. The topological polar surface area (TPSA) is 53.1 Å². The first-order valence-corrected chi connectivity index (χ1v) is 13.9. The van der Waals surface area contributed by atoms with Crippen molar-refractivity contribution in [3.05, 3.63) is 0 Å². The Morgan fingerprint density at radius 3 is 2.15 bits per heavy atom. The van der Waals surface area contributed by atoms with E-state index in [-0.39, 0.29) is 6.04 Å². The average Bonchev–Trinajstić information content (AvgIpc) is 2.81. The normalized spacial score (nSPS) is 16.4. The molecule has 2 amide bonds. The largest absolute Gasteiger partial charge is 0.340 e. The first-order chi connectivity index (χ1) is 16.1. The van der Waals surface area contributed by atoms with Crippen LogP contribution in [0.3, 0.4) is 0 Å². The van der Waals surface area contributed by atoms with Crippen LogP contribution in [-0.4, -0.2) is 73.6 Å². The zero-order valence-corrected chi connectivity index (χ0v) is 22.1. The van der Waals surface area contributed by atoms with Crippen molar-refractivity contribution in [1.29, 1.82) is 0 Å². The number of carbonyl (C=O) groups excluding carboxylic acids is 2. The molecule has 0 radical (unpaired) electrons. The summed E-state index contributed by atoms with van der Waals surface area (Å²) in [5.74, 6) is 0.314. The van der Waals surface area contributed by atoms with Gasteiger partial charge in [-0.25, -0.2) is 5.06 Å². The third-order valence-electron chi connectivity index (χ3n) is 6.75. The van der Waals surface area contributed by atoms with Gasteiger partial charge in [-0.15, -0.1) is 0 Å². The number of carbonyl (C=O) groups is 2. The smallest absolute Gasteiger partial charge is 0.233 e. The molecule has 0 aromatic heterocycles. The van der Waals surface area contributed by atoms with Gasteiger partial charge < -0.3 is 9.80 Å². The van der Waals surface area contributed by atoms with Crippen LogP contribution in [0.2, 0.25) is 0 Å². The number of unbranched alkanes of at least 4 members (excludes halogenated alkanes) is 10. The highest BCUT2D eigenvalue weighted by atomic mass is 16.7. The first-order valence-electron chi connectivity index (χ1n) is 13.9. The number of likely N-dealkylation sites (tertiary alicyclic amines) is 1. The molecule has 1 aliphatic rings. The van der Waals surface area contributed by atoms with Crippen LogP contribution in [0.4, 0.5) is 0 Å². The van der Waals surface area contributed by atoms with E-state index in [4.69, 9.17) is 4.84 Å². The lowest BCUT2D eigenvalue weighted by Crippen LogP contribution is -2.44. The Balaban J connectivity index is 2.16. The summed E-state index contributed by atoms with van der Waals surface area (Å²) in [7, 11) is 4.05. The highest BCUT2D eigenvalue weighted by Gasteiger charge is 2.26. The van der Waals surface area contributed by atoms with Crippen molar-refractivity contribution in [2.24, 2.45) is 0 Å². The molecule has 0 spiro atoms. The standard InChI is InChI=1S/C27H53N3O3/c1-4-5-6-7-8-9-10-11-12-13-14-19-27(32)30-23-16-15-18-26(30)20-24-33-29(25-31)22-17-21-28(2)3/h25-26H,4-24H2,1-3H3. The second-order valence-corrected chi connectivity index (χ2v) is 10.0. The fourth-order valence-electron chi connectivity index (χ4n) is 4.71. The fraction of sp³-hybridized carbons (Fsp3) is 0.926. The van der Waals surface area contributed by atoms with Gasteiger partial charge in [0.2, 0.25) is 12.3 Å². The summed E-state index contributed by atoms with van der Waals surface area (Å²) in [6.45, 7) is 5.17. The number of rotatable bonds is 21. The molecule has 1 rings (SSSR count). The minimum absolute atomic E-state index is 0.259. The Labute approximate surface area is 204 Å². The van der Waals surface area contributed by atoms with Crippen LogP contribution in [0.15, 0.2) is 0 Å². The summed E-state index contributed by atoms with van der Waals surface area (Å²) in [6.07, 6.45) is 20.8. The SMILES string of the molecule is CCCCCCCCCCCCCC(=O)N1CCCCC1CCON(C=O)CCCN(C)C. The molecule has 1 saturated heterocycles. The van der Waals surface area contributed by atoms with E-state index in [2.05, 4.69) is 16.7 Å². The van der Waals surface area contributed by atoms with Gasteiger partial charge in [0, 0.05) is 25.6 Å². The monoisotopic (exact) mass is 467 g/mol. The maximum Gasteiger partial charge on any atom is 0.233 e. The molecule has 0 aromatic carbocycles. The lowest BCUT2D eigenvalue weighted by atomic mass is 9.98. The molecule has 1 heterocycles. The molecule has 6 heteroatoms. The van der Waals surface area contributed by atoms with Gasteiger partial charge in [-0.3, -0.25) is 14.4 Å². The zero-order chi connectivity index (χ0) is 24.2. The van der Waals surface area contributed by atoms with Crippen molar-refractivity contribution in [2.45, 2.75) is 122 Å². The number of hydrogen-bond donors (Lipinski definition) is 0. The minimum atomic E-state index is 0.259. The Hall–Kier alpha value is -1.14. The summed E-state index contributed by atoms with van der Waals surface area (Å²) in [5, 5.41) is 1.41. The molecule has 1 aliphatic heterocycles. The van der Waals surface area contributed by atoms with E-state index in [9.17, 15) is 9.59 Å². The predicted octanol–water partition coefficient (Wildman–Crippen LogP) is 5.80. The minimum Gasteiger partial charge on any atom is -0.340 e. The Morgan fingerprint density at radius 2 is 1.55 bits per heavy atom. The summed E-state index contributed by atoms with van der Waals surface area (Å²) in [5.41, 5.74) is 0. The van der Waals surface area contributed by atoms with Crippen molar-refractivity contribution in [3.8, 4) is 0 Å². The second kappa shape index (κ2) is 20.3. The maximum absolute atomic E-state index is 12.8. The molecule has 0 aromatic rings. The first kappa shape index (κ1) is 29.9. The van der Waals surface area contributed by atoms with Crippen LogP contribution in [0.1, 0.15) is 116 Å². The highest BCUT2D eigenvalue weighted by Crippen LogP contribution is 2.22. The molecule has 0 aliphatic carbocycles. The summed E-state index contributed by atoms with van der Waals surface area (Å²) in [4.78, 5) is 34.0. The number of hydrogen-bond acceptors (Lipinski definition) is 4. The third kappa shape index (κ3) is 15.4. The molecule has 1 fully saturated rings. The van der Waals surface area contributed by atoms with Gasteiger partial charge in [-0.1, -0.05) is 71.1 Å². The van der Waals surface area contributed by atoms with E-state index in [1.807, 2.05) is 14.1 Å². The quantitative estimate of drug-likeness (QED) is 0.122. The predicted molar refractivity (Wildman–Crippen MR) is 137 cm³/mol. The Morgan fingerprint density at radius 1 is 0.909 bits per heavy atom. The van der Waals surface area contributed by atoms with E-state index in [0.717, 1.165) is 51.6 Å². The van der Waals surface area contributed by atoms with E-state index in [1.165, 1.54) is 75.7 Å². The molecular formula is C27H53N3O3. The molecule has 1 unspecified atom stereocenters. The highest BCUT2D eigenvalue weighted by molar-refractivity contribution is 5.76. The van der Waals surface area contributed by atoms with Gasteiger partial charge in [-0.2, -0.15) is 0 Å². The van der Waals surface area contributed by atoms with Crippen molar-refractivity contribution >= 4 is 12.3 Å². The van der Waals surface area contributed by atoms with Crippen LogP contribution < -0.4 is 0 Å². The lowest BCUT2D eigenvalue weighted by molar-refractivity contribution is -0.175. The number of piperidine rings is 1. The Bertz CT molecular complexity index is 487. The van der Waals surface area contributed by atoms with Gasteiger partial charge in [0.1, 0.15) is 0 Å². The molecule has 6 nitrogen and oxygen atoms in total. The van der Waals surface area contributed by atoms with Crippen LogP contribution in [0.25, 0.3) is 0 Å². The number of hydroxylamine groups is 2. The van der Waals surface area contributed by atoms with Crippen molar-refractivity contribution in [1.82, 2.24) is 14.9 Å². The molecule has 0 bridgehead atoms. The fourth-order valence-corrected chi connectivity index (χ4v) is 4.71. The van der Waals surface area contributed by atoms with Gasteiger partial charge in [0.15, 0.2) is 0 Å². The van der Waals surface area contributed by atoms with Crippen molar-refractivity contribution < 1.29 is 14.4 Å². The molecule has 0 N–H and O–H groups in total. The second-order valence-electron chi connectivity index (χ2n) is 10.0. The molecule has 0 saturated carbocycles. The zero-order valence-electron chi connectivity index (χ0n) is 22.1. The summed E-state index contributed by atoms with van der Waals surface area (Å²) < 4.78 is 0. The third-order valence-corrected chi connectivity index (χ3v) is 6.75. The van der Waals surface area contributed by atoms with Gasteiger partial charge >= 0.3 is 0 Å². The maximum atomic E-state index is 12.8.